The highest BCUT2D eigenvalue weighted by Crippen LogP contribution is 2.15. The lowest BCUT2D eigenvalue weighted by Crippen LogP contribution is -2.10. The molecular weight excluding hydrogens is 200 g/mol. The Balaban J connectivity index is 3.05. The summed E-state index contributed by atoms with van der Waals surface area (Å²) in [5.41, 5.74) is 7.53. The Morgan fingerprint density at radius 3 is 2.71 bits per heavy atom. The van der Waals surface area contributed by atoms with Crippen LogP contribution in [0, 0.1) is 6.92 Å². The van der Waals surface area contributed by atoms with Crippen molar-refractivity contribution in [1.82, 2.24) is 4.98 Å². The Hall–Kier alpha value is -1.10. The van der Waals surface area contributed by atoms with Gasteiger partial charge in [0.25, 0.3) is 0 Å². The number of nitrogens with two attached hydrogens (primary N) is 1. The van der Waals surface area contributed by atoms with Crippen molar-refractivity contribution in [2.24, 2.45) is 0 Å². The second kappa shape index (κ2) is 3.96. The molecule has 0 atom stereocenters. The number of hydrogen-bond acceptors (Lipinski definition) is 4. The molecule has 0 amide bonds. The molecule has 1 rings (SSSR count). The van der Waals surface area contributed by atoms with Crippen molar-refractivity contribution in [2.75, 3.05) is 11.5 Å². The van der Waals surface area contributed by atoms with Gasteiger partial charge in [-0.1, -0.05) is 6.92 Å². The van der Waals surface area contributed by atoms with E-state index >= 15 is 0 Å². The average Bonchev–Trinajstić information content (AvgIpc) is 2.13. The molecule has 0 bridgehead atoms. The fraction of sp³-hybridized carbons (Fsp3) is 0.444. The number of pyridine rings is 1. The van der Waals surface area contributed by atoms with E-state index in [1.165, 1.54) is 6.20 Å². The molecular formula is C9H14N2O2S. The summed E-state index contributed by atoms with van der Waals surface area (Å²) in [6.07, 6.45) is 1.53. The molecule has 0 saturated heterocycles. The first-order valence-corrected chi connectivity index (χ1v) is 6.19. The van der Waals surface area contributed by atoms with Crippen molar-refractivity contribution >= 4 is 15.5 Å². The summed E-state index contributed by atoms with van der Waals surface area (Å²) in [6, 6.07) is 1.66. The molecule has 0 radical (unpaired) electrons. The van der Waals surface area contributed by atoms with Gasteiger partial charge in [-0.2, -0.15) is 0 Å². The minimum atomic E-state index is -3.03. The lowest BCUT2D eigenvalue weighted by molar-refractivity contribution is 0.595. The van der Waals surface area contributed by atoms with Crippen molar-refractivity contribution in [3.63, 3.8) is 0 Å². The van der Waals surface area contributed by atoms with Crippen LogP contribution in [0.4, 0.5) is 5.69 Å². The molecule has 2 N–H and O–H groups in total. The number of aromatic nitrogens is 1. The summed E-state index contributed by atoms with van der Waals surface area (Å²) >= 11 is 0. The van der Waals surface area contributed by atoms with E-state index in [0.29, 0.717) is 11.4 Å². The van der Waals surface area contributed by atoms with Crippen molar-refractivity contribution < 1.29 is 8.42 Å². The van der Waals surface area contributed by atoms with Gasteiger partial charge >= 0.3 is 0 Å². The molecule has 0 aliphatic rings. The monoisotopic (exact) mass is 214 g/mol. The minimum absolute atomic E-state index is 0.0274. The second-order valence-corrected chi connectivity index (χ2v) is 5.50. The summed E-state index contributed by atoms with van der Waals surface area (Å²) in [6.45, 7) is 3.40. The van der Waals surface area contributed by atoms with Crippen LogP contribution in [0.5, 0.6) is 0 Å². The molecule has 5 heteroatoms. The molecule has 14 heavy (non-hydrogen) atoms. The molecule has 0 aliphatic heterocycles. The van der Waals surface area contributed by atoms with Crippen LogP contribution >= 0.6 is 0 Å². The highest BCUT2D eigenvalue weighted by atomic mass is 32.2. The smallest absolute Gasteiger partial charge is 0.155 e. The Labute approximate surface area is 84.1 Å². The van der Waals surface area contributed by atoms with Crippen LogP contribution in [-0.4, -0.2) is 19.2 Å². The highest BCUT2D eigenvalue weighted by molar-refractivity contribution is 7.90. The predicted molar refractivity (Wildman–Crippen MR) is 56.6 cm³/mol. The topological polar surface area (TPSA) is 73.0 Å². The summed E-state index contributed by atoms with van der Waals surface area (Å²) in [4.78, 5) is 4.01. The van der Waals surface area contributed by atoms with E-state index in [4.69, 9.17) is 5.73 Å². The molecule has 1 heterocycles. The lowest BCUT2D eigenvalue weighted by atomic mass is 10.2. The maximum Gasteiger partial charge on any atom is 0.155 e. The van der Waals surface area contributed by atoms with Gasteiger partial charge in [0, 0.05) is 17.6 Å². The molecule has 4 nitrogen and oxygen atoms in total. The van der Waals surface area contributed by atoms with Gasteiger partial charge in [-0.15, -0.1) is 0 Å². The van der Waals surface area contributed by atoms with E-state index in [1.54, 1.807) is 19.9 Å². The zero-order valence-corrected chi connectivity index (χ0v) is 9.13. The Morgan fingerprint density at radius 1 is 1.50 bits per heavy atom. The van der Waals surface area contributed by atoms with Gasteiger partial charge in [-0.05, 0) is 18.6 Å². The van der Waals surface area contributed by atoms with Crippen LogP contribution in [-0.2, 0) is 15.6 Å². The predicted octanol–water partition coefficient (Wildman–Crippen LogP) is 0.907. The summed E-state index contributed by atoms with van der Waals surface area (Å²) in [7, 11) is -3.03. The fourth-order valence-corrected chi connectivity index (χ4v) is 1.96. The number of nitrogen functional groups attached to an aromatic ring is 1. The van der Waals surface area contributed by atoms with Crippen molar-refractivity contribution in [2.45, 2.75) is 19.6 Å². The first-order valence-electron chi connectivity index (χ1n) is 4.36. The molecule has 0 unspecified atom stereocenters. The normalized spacial score (nSPS) is 11.6. The van der Waals surface area contributed by atoms with Crippen LogP contribution in [0.1, 0.15) is 18.2 Å². The maximum atomic E-state index is 11.4. The Kier molecular flexibility index (Phi) is 3.10. The largest absolute Gasteiger partial charge is 0.398 e. The summed E-state index contributed by atoms with van der Waals surface area (Å²) < 4.78 is 22.7. The molecule has 0 aliphatic carbocycles. The van der Waals surface area contributed by atoms with Gasteiger partial charge in [0.05, 0.1) is 11.4 Å². The van der Waals surface area contributed by atoms with Gasteiger partial charge in [0.2, 0.25) is 0 Å². The average molecular weight is 214 g/mol. The van der Waals surface area contributed by atoms with Gasteiger partial charge in [0.15, 0.2) is 9.84 Å². The molecule has 78 valence electrons. The number of anilines is 1. The van der Waals surface area contributed by atoms with Crippen LogP contribution in [0.25, 0.3) is 0 Å². The van der Waals surface area contributed by atoms with E-state index < -0.39 is 9.84 Å². The van der Waals surface area contributed by atoms with Crippen molar-refractivity contribution in [3.05, 3.63) is 23.5 Å². The number of rotatable bonds is 3. The fourth-order valence-electron chi connectivity index (χ4n) is 1.05. The summed E-state index contributed by atoms with van der Waals surface area (Å²) in [5.74, 6) is 0.100. The third kappa shape index (κ3) is 2.45. The number of sulfone groups is 1. The van der Waals surface area contributed by atoms with Crippen LogP contribution < -0.4 is 5.73 Å². The number of hydrogen-bond donors (Lipinski definition) is 1. The third-order valence-corrected chi connectivity index (χ3v) is 3.74. The van der Waals surface area contributed by atoms with E-state index in [0.717, 1.165) is 5.56 Å². The zero-order chi connectivity index (χ0) is 10.8. The lowest BCUT2D eigenvalue weighted by Gasteiger charge is -2.06. The van der Waals surface area contributed by atoms with Gasteiger partial charge in [-0.25, -0.2) is 8.42 Å². The molecule has 0 fully saturated rings. The molecule has 0 saturated carbocycles. The zero-order valence-electron chi connectivity index (χ0n) is 8.32. The molecule has 0 aromatic carbocycles. The van der Waals surface area contributed by atoms with E-state index in [-0.39, 0.29) is 11.5 Å². The quantitative estimate of drug-likeness (QED) is 0.811. The SMILES string of the molecule is CCS(=O)(=O)Cc1nccc(N)c1C. The first-order chi connectivity index (χ1) is 6.46. The second-order valence-electron chi connectivity index (χ2n) is 3.15. The van der Waals surface area contributed by atoms with Gasteiger partial charge in [-0.3, -0.25) is 4.98 Å². The van der Waals surface area contributed by atoms with Crippen molar-refractivity contribution in [1.29, 1.82) is 0 Å². The maximum absolute atomic E-state index is 11.4. The van der Waals surface area contributed by atoms with Gasteiger partial charge in [0.1, 0.15) is 0 Å². The highest BCUT2D eigenvalue weighted by Gasteiger charge is 2.12. The van der Waals surface area contributed by atoms with Crippen LogP contribution in [0.15, 0.2) is 12.3 Å². The van der Waals surface area contributed by atoms with E-state index in [1.807, 2.05) is 0 Å². The molecule has 1 aromatic heterocycles. The standard InChI is InChI=1S/C9H14N2O2S/c1-3-14(12,13)6-9-7(2)8(10)4-5-11-9/h4-5H,3,6H2,1-2H3,(H2,10,11). The van der Waals surface area contributed by atoms with E-state index in [2.05, 4.69) is 4.98 Å². The number of nitrogens with zero attached hydrogens (tertiary/aromatic N) is 1. The summed E-state index contributed by atoms with van der Waals surface area (Å²) in [5, 5.41) is 0. The minimum Gasteiger partial charge on any atom is -0.398 e. The molecule has 1 aromatic rings. The Morgan fingerprint density at radius 2 is 2.14 bits per heavy atom. The molecule has 0 spiro atoms. The van der Waals surface area contributed by atoms with Crippen LogP contribution in [0.2, 0.25) is 0 Å². The van der Waals surface area contributed by atoms with Crippen molar-refractivity contribution in [3.8, 4) is 0 Å². The Bertz CT molecular complexity index is 426. The third-order valence-electron chi connectivity index (χ3n) is 2.15. The van der Waals surface area contributed by atoms with E-state index in [9.17, 15) is 8.42 Å². The van der Waals surface area contributed by atoms with Gasteiger partial charge < -0.3 is 5.73 Å². The van der Waals surface area contributed by atoms with Crippen LogP contribution in [0.3, 0.4) is 0 Å². The first kappa shape index (κ1) is 11.0.